The number of piperazine rings is 1. The Morgan fingerprint density at radius 1 is 1.07 bits per heavy atom. The van der Waals surface area contributed by atoms with E-state index in [2.05, 4.69) is 29.0 Å². The molecule has 2 aliphatic rings. The van der Waals surface area contributed by atoms with Crippen LogP contribution in [-0.2, 0) is 21.7 Å². The number of carbonyl (C=O) groups is 2. The molecule has 4 aromatic rings. The third-order valence-corrected chi connectivity index (χ3v) is 8.35. The number of ether oxygens (including phenoxy) is 2. The fourth-order valence-electron chi connectivity index (χ4n) is 6.36. The number of nitrogens with zero attached hydrogens (tertiary/aromatic N) is 4. The third kappa shape index (κ3) is 4.63. The number of aromatic nitrogens is 3. The molecule has 2 aliphatic heterocycles. The van der Waals surface area contributed by atoms with Crippen LogP contribution in [-0.4, -0.2) is 69.0 Å². The van der Waals surface area contributed by atoms with Crippen molar-refractivity contribution in [2.45, 2.75) is 51.6 Å². The predicted molar refractivity (Wildman–Crippen MR) is 156 cm³/mol. The minimum atomic E-state index is -1.12. The van der Waals surface area contributed by atoms with E-state index in [1.54, 1.807) is 22.3 Å². The Balaban J connectivity index is 1.40. The third-order valence-electron chi connectivity index (χ3n) is 8.35. The number of carbonyl (C=O) groups excluding carboxylic acids is 2. The van der Waals surface area contributed by atoms with Crippen molar-refractivity contribution in [2.75, 3.05) is 32.8 Å². The summed E-state index contributed by atoms with van der Waals surface area (Å²) in [7, 11) is 0. The van der Waals surface area contributed by atoms with Gasteiger partial charge >= 0.3 is 0 Å². The zero-order chi connectivity index (χ0) is 28.6. The zero-order valence-electron chi connectivity index (χ0n) is 23.9. The number of para-hydroxylation sites is 1. The Hall–Kier alpha value is -4.27. The van der Waals surface area contributed by atoms with Crippen LogP contribution in [0, 0.1) is 0 Å². The summed E-state index contributed by atoms with van der Waals surface area (Å²) < 4.78 is 13.9. The molecule has 0 saturated carbocycles. The molecule has 9 nitrogen and oxygen atoms in total. The van der Waals surface area contributed by atoms with Gasteiger partial charge in [0.2, 0.25) is 5.91 Å². The largest absolute Gasteiger partial charge is 0.490 e. The van der Waals surface area contributed by atoms with Crippen molar-refractivity contribution in [3.63, 3.8) is 0 Å². The van der Waals surface area contributed by atoms with Crippen LogP contribution >= 0.6 is 0 Å². The van der Waals surface area contributed by atoms with Crippen molar-refractivity contribution in [1.82, 2.24) is 24.3 Å². The molecular formula is C32H37N5O4. The molecule has 0 radical (unpaired) electrons. The van der Waals surface area contributed by atoms with E-state index in [0.717, 1.165) is 47.1 Å². The van der Waals surface area contributed by atoms with E-state index >= 15 is 0 Å². The van der Waals surface area contributed by atoms with Crippen molar-refractivity contribution in [1.29, 1.82) is 0 Å². The summed E-state index contributed by atoms with van der Waals surface area (Å²) in [6.45, 7) is 8.77. The number of rotatable bonds is 10. The first-order valence-corrected chi connectivity index (χ1v) is 14.5. The molecule has 6 rings (SSSR count). The summed E-state index contributed by atoms with van der Waals surface area (Å²) in [5.74, 6) is 1.17. The molecule has 4 heterocycles. The van der Waals surface area contributed by atoms with Gasteiger partial charge < -0.3 is 28.8 Å². The molecule has 2 aromatic heterocycles. The van der Waals surface area contributed by atoms with Crippen molar-refractivity contribution in [2.24, 2.45) is 0 Å². The number of amides is 2. The minimum absolute atomic E-state index is 0.0445. The van der Waals surface area contributed by atoms with E-state index in [0.29, 0.717) is 37.8 Å². The lowest BCUT2D eigenvalue weighted by atomic mass is 9.76. The number of aryl methyl sites for hydroxylation is 1. The van der Waals surface area contributed by atoms with Crippen LogP contribution in [0.1, 0.15) is 56.4 Å². The molecule has 1 N–H and O–H groups in total. The Morgan fingerprint density at radius 3 is 2.71 bits per heavy atom. The van der Waals surface area contributed by atoms with Crippen molar-refractivity contribution >= 4 is 22.7 Å². The number of imidazole rings is 1. The minimum Gasteiger partial charge on any atom is -0.490 e. The van der Waals surface area contributed by atoms with Crippen LogP contribution in [0.5, 0.6) is 11.5 Å². The number of fused-ring (bicyclic) bond motifs is 5. The van der Waals surface area contributed by atoms with E-state index in [-0.39, 0.29) is 24.3 Å². The normalized spacial score (nSPS) is 20.3. The maximum absolute atomic E-state index is 14.2. The van der Waals surface area contributed by atoms with Crippen LogP contribution < -0.4 is 9.47 Å². The second-order valence-corrected chi connectivity index (χ2v) is 11.0. The quantitative estimate of drug-likeness (QED) is 0.307. The van der Waals surface area contributed by atoms with Crippen molar-refractivity contribution in [3.05, 3.63) is 78.0 Å². The predicted octanol–water partition coefficient (Wildman–Crippen LogP) is 4.67. The van der Waals surface area contributed by atoms with Gasteiger partial charge in [-0.25, -0.2) is 4.98 Å². The first-order valence-electron chi connectivity index (χ1n) is 14.5. The highest BCUT2D eigenvalue weighted by Gasteiger charge is 2.56. The van der Waals surface area contributed by atoms with Crippen LogP contribution in [0.4, 0.5) is 0 Å². The monoisotopic (exact) mass is 555 g/mol. The fourth-order valence-corrected chi connectivity index (χ4v) is 6.36. The molecule has 2 aromatic carbocycles. The smallest absolute Gasteiger partial charge is 0.254 e. The van der Waals surface area contributed by atoms with Crippen LogP contribution in [0.2, 0.25) is 0 Å². The van der Waals surface area contributed by atoms with Gasteiger partial charge in [0, 0.05) is 48.8 Å². The summed E-state index contributed by atoms with van der Waals surface area (Å²) >= 11 is 0. The highest BCUT2D eigenvalue weighted by molar-refractivity contribution is 6.01. The summed E-state index contributed by atoms with van der Waals surface area (Å²) in [5, 5.41) is 1.06. The zero-order valence-corrected chi connectivity index (χ0v) is 23.9. The molecule has 41 heavy (non-hydrogen) atoms. The van der Waals surface area contributed by atoms with E-state index in [1.165, 1.54) is 0 Å². The van der Waals surface area contributed by atoms with Gasteiger partial charge in [0.25, 0.3) is 5.91 Å². The van der Waals surface area contributed by atoms with E-state index in [9.17, 15) is 9.59 Å². The summed E-state index contributed by atoms with van der Waals surface area (Å²) in [6.07, 6.45) is 7.06. The molecule has 2 unspecified atom stereocenters. The SMILES string of the molecule is CCCOc1ccc(C2CN3C(=O)CN(CCCn4ccnc4)C(=O)C3(C)c3[nH]c4ccccc4c32)cc1OCC. The lowest BCUT2D eigenvalue weighted by Gasteiger charge is -2.51. The van der Waals surface area contributed by atoms with Gasteiger partial charge in [0.1, 0.15) is 0 Å². The number of benzene rings is 2. The number of nitrogens with one attached hydrogen (secondary N) is 1. The van der Waals surface area contributed by atoms with Gasteiger partial charge in [-0.2, -0.15) is 0 Å². The molecule has 2 amide bonds. The maximum Gasteiger partial charge on any atom is 0.254 e. The summed E-state index contributed by atoms with van der Waals surface area (Å²) in [5.41, 5.74) is 2.70. The van der Waals surface area contributed by atoms with Crippen molar-refractivity contribution in [3.8, 4) is 11.5 Å². The number of hydrogen-bond acceptors (Lipinski definition) is 5. The maximum atomic E-state index is 14.2. The molecule has 214 valence electrons. The second kappa shape index (κ2) is 11.0. The topological polar surface area (TPSA) is 92.7 Å². The molecule has 9 heteroatoms. The van der Waals surface area contributed by atoms with Crippen LogP contribution in [0.15, 0.2) is 61.2 Å². The fraction of sp³-hybridized carbons (Fsp3) is 0.406. The second-order valence-electron chi connectivity index (χ2n) is 11.0. The molecule has 0 bridgehead atoms. The Bertz CT molecular complexity index is 1560. The van der Waals surface area contributed by atoms with E-state index < -0.39 is 5.54 Å². The number of H-pyrrole nitrogens is 1. The van der Waals surface area contributed by atoms with Crippen LogP contribution in [0.25, 0.3) is 10.9 Å². The van der Waals surface area contributed by atoms with Gasteiger partial charge in [-0.3, -0.25) is 9.59 Å². The lowest BCUT2D eigenvalue weighted by Crippen LogP contribution is -2.67. The number of hydrogen-bond donors (Lipinski definition) is 1. The lowest BCUT2D eigenvalue weighted by molar-refractivity contribution is -0.166. The summed E-state index contributed by atoms with van der Waals surface area (Å²) in [6, 6.07) is 14.2. The van der Waals surface area contributed by atoms with Crippen LogP contribution in [0.3, 0.4) is 0 Å². The molecule has 2 atom stereocenters. The number of aromatic amines is 1. The van der Waals surface area contributed by atoms with Gasteiger partial charge in [-0.15, -0.1) is 0 Å². The molecule has 1 fully saturated rings. The first-order chi connectivity index (χ1) is 20.0. The Morgan fingerprint density at radius 2 is 1.93 bits per heavy atom. The highest BCUT2D eigenvalue weighted by Crippen LogP contribution is 2.49. The molecular weight excluding hydrogens is 518 g/mol. The van der Waals surface area contributed by atoms with E-state index in [1.807, 2.05) is 54.9 Å². The Labute approximate surface area is 240 Å². The average Bonchev–Trinajstić information content (AvgIpc) is 3.64. The standard InChI is InChI=1S/C32H37N5O4/c1-4-17-41-26-12-11-22(18-27(26)40-5-2)24-19-37-28(38)20-36(15-8-14-35-16-13-33-21-35)31(39)32(37,3)30-29(24)23-9-6-7-10-25(23)34-30/h6-7,9-13,16,18,21,24,34H,4-5,8,14-15,17,19-20H2,1-3H3. The summed E-state index contributed by atoms with van der Waals surface area (Å²) in [4.78, 5) is 39.2. The van der Waals surface area contributed by atoms with Gasteiger partial charge in [-0.05, 0) is 56.0 Å². The van der Waals surface area contributed by atoms with Gasteiger partial charge in [0.05, 0.1) is 31.8 Å². The first kappa shape index (κ1) is 26.9. The Kier molecular flexibility index (Phi) is 7.19. The highest BCUT2D eigenvalue weighted by atomic mass is 16.5. The van der Waals surface area contributed by atoms with E-state index in [4.69, 9.17) is 9.47 Å². The molecule has 0 aliphatic carbocycles. The van der Waals surface area contributed by atoms with Gasteiger partial charge in [0.15, 0.2) is 17.0 Å². The van der Waals surface area contributed by atoms with Gasteiger partial charge in [-0.1, -0.05) is 31.2 Å². The molecule has 0 spiro atoms. The average molecular weight is 556 g/mol. The van der Waals surface area contributed by atoms with Crippen molar-refractivity contribution < 1.29 is 19.1 Å². The molecule has 1 saturated heterocycles.